The molecule has 0 atom stereocenters. The zero-order chi connectivity index (χ0) is 19.8. The first kappa shape index (κ1) is 20.4. The van der Waals surface area contributed by atoms with Gasteiger partial charge >= 0.3 is 0 Å². The lowest BCUT2D eigenvalue weighted by Crippen LogP contribution is -2.47. The van der Waals surface area contributed by atoms with Gasteiger partial charge in [-0.2, -0.15) is 5.10 Å². The third-order valence-corrected chi connectivity index (χ3v) is 5.28. The van der Waals surface area contributed by atoms with Gasteiger partial charge in [0.05, 0.1) is 17.5 Å². The number of benzene rings is 1. The molecule has 6 nitrogen and oxygen atoms in total. The third kappa shape index (κ3) is 5.35. The fraction of sp³-hybridized carbons (Fsp3) is 0.545. The van der Waals surface area contributed by atoms with Gasteiger partial charge in [0.25, 0.3) is 0 Å². The monoisotopic (exact) mass is 383 g/mol. The average Bonchev–Trinajstić information content (AvgIpc) is 3.10. The maximum absolute atomic E-state index is 5.74. The van der Waals surface area contributed by atoms with E-state index in [0.717, 1.165) is 69.3 Å². The van der Waals surface area contributed by atoms with Crippen LogP contribution in [-0.2, 0) is 11.2 Å². The molecule has 6 heteroatoms. The van der Waals surface area contributed by atoms with Crippen LogP contribution in [0.1, 0.15) is 37.4 Å². The first-order valence-electron chi connectivity index (χ1n) is 10.4. The van der Waals surface area contributed by atoms with Crippen molar-refractivity contribution in [1.82, 2.24) is 20.0 Å². The lowest BCUT2D eigenvalue weighted by Gasteiger charge is -2.34. The van der Waals surface area contributed by atoms with Crippen LogP contribution in [0.5, 0.6) is 0 Å². The smallest absolute Gasteiger partial charge is 0.193 e. The highest BCUT2D eigenvalue weighted by Crippen LogP contribution is 2.15. The van der Waals surface area contributed by atoms with Crippen LogP contribution in [0.25, 0.3) is 5.69 Å². The Bertz CT molecular complexity index is 748. The Hall–Kier alpha value is -2.34. The van der Waals surface area contributed by atoms with E-state index in [2.05, 4.69) is 52.5 Å². The van der Waals surface area contributed by atoms with Gasteiger partial charge in [0.1, 0.15) is 0 Å². The van der Waals surface area contributed by atoms with Crippen molar-refractivity contribution < 1.29 is 4.74 Å². The molecule has 0 amide bonds. The molecule has 0 unspecified atom stereocenters. The Morgan fingerprint density at radius 1 is 1.25 bits per heavy atom. The number of hydrogen-bond donors (Lipinski definition) is 1. The largest absolute Gasteiger partial charge is 0.378 e. The van der Waals surface area contributed by atoms with E-state index in [9.17, 15) is 0 Å². The normalized spacial score (nSPS) is 15.8. The van der Waals surface area contributed by atoms with Gasteiger partial charge in [-0.15, -0.1) is 0 Å². The quantitative estimate of drug-likeness (QED) is 0.453. The summed E-state index contributed by atoms with van der Waals surface area (Å²) in [5.74, 6) is 1.01. The number of nitrogens with one attached hydrogen (secondary N) is 1. The number of likely N-dealkylation sites (tertiary alicyclic amines) is 1. The molecule has 152 valence electrons. The van der Waals surface area contributed by atoms with Crippen LogP contribution < -0.4 is 5.32 Å². The fourth-order valence-electron chi connectivity index (χ4n) is 3.74. The van der Waals surface area contributed by atoms with Crippen molar-refractivity contribution >= 4 is 5.96 Å². The highest BCUT2D eigenvalue weighted by molar-refractivity contribution is 5.79. The number of aryl methyl sites for hydroxylation is 2. The predicted octanol–water partition coefficient (Wildman–Crippen LogP) is 3.19. The van der Waals surface area contributed by atoms with E-state index in [1.807, 2.05) is 29.9 Å². The van der Waals surface area contributed by atoms with Gasteiger partial charge in [0.15, 0.2) is 5.96 Å². The van der Waals surface area contributed by atoms with E-state index in [0.29, 0.717) is 6.10 Å². The highest BCUT2D eigenvalue weighted by atomic mass is 16.5. The predicted molar refractivity (Wildman–Crippen MR) is 114 cm³/mol. The standard InChI is InChI=1S/C22H33N5O/c1-4-28-21-12-15-26(16-13-21)22(23-3)24-14-8-9-19-17-27(25-18(19)2)20-10-6-5-7-11-20/h5-7,10-11,17,21H,4,8-9,12-16H2,1-3H3,(H,23,24). The van der Waals surface area contributed by atoms with Crippen LogP contribution in [0, 0.1) is 6.92 Å². The lowest BCUT2D eigenvalue weighted by molar-refractivity contribution is 0.0264. The van der Waals surface area contributed by atoms with E-state index in [4.69, 9.17) is 4.74 Å². The van der Waals surface area contributed by atoms with Crippen molar-refractivity contribution in [3.8, 4) is 5.69 Å². The summed E-state index contributed by atoms with van der Waals surface area (Å²) in [4.78, 5) is 6.80. The lowest BCUT2D eigenvalue weighted by atomic mass is 10.1. The van der Waals surface area contributed by atoms with Gasteiger partial charge in [-0.05, 0) is 57.2 Å². The van der Waals surface area contributed by atoms with Gasteiger partial charge in [-0.3, -0.25) is 4.99 Å². The molecule has 1 aliphatic heterocycles. The van der Waals surface area contributed by atoms with E-state index in [1.54, 1.807) is 0 Å². The Morgan fingerprint density at radius 2 is 2.00 bits per heavy atom. The minimum atomic E-state index is 0.406. The highest BCUT2D eigenvalue weighted by Gasteiger charge is 2.21. The van der Waals surface area contributed by atoms with Crippen molar-refractivity contribution in [3.63, 3.8) is 0 Å². The van der Waals surface area contributed by atoms with Crippen molar-refractivity contribution in [1.29, 1.82) is 0 Å². The molecule has 1 saturated heterocycles. The van der Waals surface area contributed by atoms with Crippen molar-refractivity contribution in [2.45, 2.75) is 45.6 Å². The second-order valence-electron chi connectivity index (χ2n) is 7.24. The van der Waals surface area contributed by atoms with Gasteiger partial charge in [0, 0.05) is 39.5 Å². The van der Waals surface area contributed by atoms with Crippen LogP contribution in [0.4, 0.5) is 0 Å². The van der Waals surface area contributed by atoms with E-state index < -0.39 is 0 Å². The molecule has 0 bridgehead atoms. The first-order valence-corrected chi connectivity index (χ1v) is 10.4. The summed E-state index contributed by atoms with van der Waals surface area (Å²) >= 11 is 0. The second-order valence-corrected chi connectivity index (χ2v) is 7.24. The zero-order valence-electron chi connectivity index (χ0n) is 17.4. The molecule has 1 aliphatic rings. The zero-order valence-corrected chi connectivity index (χ0v) is 17.4. The summed E-state index contributed by atoms with van der Waals surface area (Å²) in [5.41, 5.74) is 3.51. The fourth-order valence-corrected chi connectivity index (χ4v) is 3.74. The number of para-hydroxylation sites is 1. The summed E-state index contributed by atoms with van der Waals surface area (Å²) in [7, 11) is 1.87. The Balaban J connectivity index is 1.45. The van der Waals surface area contributed by atoms with Gasteiger partial charge < -0.3 is 15.0 Å². The molecule has 3 rings (SSSR count). The maximum atomic E-state index is 5.74. The summed E-state index contributed by atoms with van der Waals surface area (Å²) in [5, 5.41) is 8.18. The van der Waals surface area contributed by atoms with Crippen LogP contribution in [0.2, 0.25) is 0 Å². The average molecular weight is 384 g/mol. The van der Waals surface area contributed by atoms with E-state index in [-0.39, 0.29) is 0 Å². The molecule has 1 aromatic heterocycles. The number of piperidine rings is 1. The molecule has 28 heavy (non-hydrogen) atoms. The van der Waals surface area contributed by atoms with Crippen LogP contribution in [0.3, 0.4) is 0 Å². The van der Waals surface area contributed by atoms with E-state index >= 15 is 0 Å². The number of ether oxygens (including phenoxy) is 1. The molecular weight excluding hydrogens is 350 g/mol. The molecular formula is C22H33N5O. The molecule has 0 saturated carbocycles. The molecule has 0 radical (unpaired) electrons. The molecule has 2 heterocycles. The van der Waals surface area contributed by atoms with Gasteiger partial charge in [-0.1, -0.05) is 18.2 Å². The summed E-state index contributed by atoms with van der Waals surface area (Å²) in [6, 6.07) is 10.3. The van der Waals surface area contributed by atoms with Gasteiger partial charge in [0.2, 0.25) is 0 Å². The summed E-state index contributed by atoms with van der Waals surface area (Å²) in [6.45, 7) is 7.88. The Morgan fingerprint density at radius 3 is 2.68 bits per heavy atom. The molecule has 1 N–H and O–H groups in total. The maximum Gasteiger partial charge on any atom is 0.193 e. The van der Waals surface area contributed by atoms with Crippen LogP contribution in [-0.4, -0.2) is 60.0 Å². The summed E-state index contributed by atoms with van der Waals surface area (Å²) in [6.07, 6.45) is 6.77. The number of hydrogen-bond acceptors (Lipinski definition) is 3. The van der Waals surface area contributed by atoms with Crippen molar-refractivity contribution in [3.05, 3.63) is 47.8 Å². The molecule has 1 fully saturated rings. The Labute approximate surface area is 168 Å². The topological polar surface area (TPSA) is 54.7 Å². The molecule has 0 aliphatic carbocycles. The summed E-state index contributed by atoms with van der Waals surface area (Å²) < 4.78 is 7.71. The number of rotatable bonds is 7. The Kier molecular flexibility index (Phi) is 7.48. The number of nitrogens with zero attached hydrogens (tertiary/aromatic N) is 4. The second kappa shape index (κ2) is 10.3. The molecule has 2 aromatic rings. The SMILES string of the molecule is CCOC1CCN(C(=NC)NCCCc2cn(-c3ccccc3)nc2C)CC1. The minimum absolute atomic E-state index is 0.406. The van der Waals surface area contributed by atoms with Crippen LogP contribution in [0.15, 0.2) is 41.5 Å². The first-order chi connectivity index (χ1) is 13.7. The van der Waals surface area contributed by atoms with Crippen molar-refractivity contribution in [2.75, 3.05) is 33.3 Å². The minimum Gasteiger partial charge on any atom is -0.378 e. The number of guanidine groups is 1. The molecule has 1 aromatic carbocycles. The number of aromatic nitrogens is 2. The van der Waals surface area contributed by atoms with Crippen LogP contribution >= 0.6 is 0 Å². The number of aliphatic imine (C=N–C) groups is 1. The molecule has 0 spiro atoms. The third-order valence-electron chi connectivity index (χ3n) is 5.28. The van der Waals surface area contributed by atoms with Crippen molar-refractivity contribution in [2.24, 2.45) is 4.99 Å². The van der Waals surface area contributed by atoms with E-state index in [1.165, 1.54) is 5.56 Å². The van der Waals surface area contributed by atoms with Gasteiger partial charge in [-0.25, -0.2) is 4.68 Å².